The summed E-state index contributed by atoms with van der Waals surface area (Å²) in [6.07, 6.45) is 5.32. The monoisotopic (exact) mass is 234 g/mol. The van der Waals surface area contributed by atoms with E-state index in [2.05, 4.69) is 10.3 Å². The molecule has 4 heteroatoms. The number of amides is 1. The molecule has 0 spiro atoms. The van der Waals surface area contributed by atoms with E-state index in [0.717, 1.165) is 0 Å². The minimum Gasteiger partial charge on any atom is -0.396 e. The average molecular weight is 234 g/mol. The van der Waals surface area contributed by atoms with Crippen LogP contribution in [0.3, 0.4) is 0 Å². The standard InChI is InChI=1S/C13H18N2O2/c16-7-10-8-3-4-9(6-8)12(10)15-13(17)11-2-1-5-14-11/h1-2,5,8-10,12,14,16H,3-4,6-7H2,(H,15,17). The molecule has 4 nitrogen and oxygen atoms in total. The van der Waals surface area contributed by atoms with Crippen LogP contribution in [0, 0.1) is 17.8 Å². The summed E-state index contributed by atoms with van der Waals surface area (Å²) in [5.74, 6) is 1.38. The molecule has 3 rings (SSSR count). The second-order valence-corrected chi connectivity index (χ2v) is 5.26. The molecular weight excluding hydrogens is 216 g/mol. The Labute approximate surface area is 100 Å². The number of carbonyl (C=O) groups excluding carboxylic acids is 1. The first-order valence-corrected chi connectivity index (χ1v) is 6.34. The van der Waals surface area contributed by atoms with E-state index < -0.39 is 0 Å². The number of nitrogens with one attached hydrogen (secondary N) is 2. The van der Waals surface area contributed by atoms with E-state index in [-0.39, 0.29) is 24.5 Å². The van der Waals surface area contributed by atoms with E-state index in [0.29, 0.717) is 17.5 Å². The Morgan fingerprint density at radius 2 is 2.29 bits per heavy atom. The number of aromatic amines is 1. The van der Waals surface area contributed by atoms with E-state index in [9.17, 15) is 9.90 Å². The Kier molecular flexibility index (Phi) is 2.67. The number of hydrogen-bond donors (Lipinski definition) is 3. The van der Waals surface area contributed by atoms with Crippen LogP contribution in [-0.4, -0.2) is 28.6 Å². The van der Waals surface area contributed by atoms with E-state index in [1.165, 1.54) is 19.3 Å². The van der Waals surface area contributed by atoms with E-state index in [1.807, 2.05) is 6.07 Å². The van der Waals surface area contributed by atoms with Crippen LogP contribution in [0.4, 0.5) is 0 Å². The van der Waals surface area contributed by atoms with Gasteiger partial charge in [-0.25, -0.2) is 0 Å². The van der Waals surface area contributed by atoms with Gasteiger partial charge in [0.1, 0.15) is 5.69 Å². The van der Waals surface area contributed by atoms with Crippen molar-refractivity contribution in [2.75, 3.05) is 6.61 Å². The highest BCUT2D eigenvalue weighted by molar-refractivity contribution is 5.92. The molecular formula is C13H18N2O2. The topological polar surface area (TPSA) is 65.1 Å². The fraction of sp³-hybridized carbons (Fsp3) is 0.615. The number of fused-ring (bicyclic) bond motifs is 2. The van der Waals surface area contributed by atoms with Gasteiger partial charge in [0.05, 0.1) is 0 Å². The van der Waals surface area contributed by atoms with Crippen molar-refractivity contribution in [2.24, 2.45) is 17.8 Å². The summed E-state index contributed by atoms with van der Waals surface area (Å²) in [5, 5.41) is 12.5. The molecule has 0 radical (unpaired) electrons. The third-order valence-corrected chi connectivity index (χ3v) is 4.44. The highest BCUT2D eigenvalue weighted by atomic mass is 16.3. The Hall–Kier alpha value is -1.29. The smallest absolute Gasteiger partial charge is 0.267 e. The lowest BCUT2D eigenvalue weighted by atomic mass is 9.85. The first-order valence-electron chi connectivity index (χ1n) is 6.34. The average Bonchev–Trinajstić information content (AvgIpc) is 3.05. The molecule has 1 aromatic rings. The lowest BCUT2D eigenvalue weighted by molar-refractivity contribution is 0.0857. The molecule has 4 unspecified atom stereocenters. The number of aliphatic hydroxyl groups is 1. The molecule has 1 heterocycles. The second-order valence-electron chi connectivity index (χ2n) is 5.26. The van der Waals surface area contributed by atoms with Gasteiger partial charge >= 0.3 is 0 Å². The van der Waals surface area contributed by atoms with Crippen molar-refractivity contribution in [3.8, 4) is 0 Å². The number of H-pyrrole nitrogens is 1. The van der Waals surface area contributed by atoms with Crippen LogP contribution in [0.1, 0.15) is 29.8 Å². The zero-order valence-corrected chi connectivity index (χ0v) is 9.73. The molecule has 2 saturated carbocycles. The summed E-state index contributed by atoms with van der Waals surface area (Å²) in [4.78, 5) is 14.9. The van der Waals surface area contributed by atoms with Crippen molar-refractivity contribution in [1.29, 1.82) is 0 Å². The van der Waals surface area contributed by atoms with Crippen LogP contribution >= 0.6 is 0 Å². The summed E-state index contributed by atoms with van der Waals surface area (Å²) >= 11 is 0. The van der Waals surface area contributed by atoms with Gasteiger partial charge in [-0.3, -0.25) is 4.79 Å². The van der Waals surface area contributed by atoms with Gasteiger partial charge in [-0.2, -0.15) is 0 Å². The predicted molar refractivity (Wildman–Crippen MR) is 63.5 cm³/mol. The molecule has 2 fully saturated rings. The van der Waals surface area contributed by atoms with Crippen molar-refractivity contribution >= 4 is 5.91 Å². The maximum absolute atomic E-state index is 12.0. The molecule has 0 saturated heterocycles. The van der Waals surface area contributed by atoms with Gasteiger partial charge in [0.15, 0.2) is 0 Å². The van der Waals surface area contributed by atoms with Gasteiger partial charge < -0.3 is 15.4 Å². The van der Waals surface area contributed by atoms with Gasteiger partial charge in [0.2, 0.25) is 0 Å². The third kappa shape index (κ3) is 1.76. The summed E-state index contributed by atoms with van der Waals surface area (Å²) < 4.78 is 0. The Bertz CT molecular complexity index is 402. The van der Waals surface area contributed by atoms with Gasteiger partial charge in [-0.15, -0.1) is 0 Å². The van der Waals surface area contributed by atoms with Gasteiger partial charge in [-0.1, -0.05) is 0 Å². The van der Waals surface area contributed by atoms with Gasteiger partial charge in [0, 0.05) is 24.8 Å². The second kappa shape index (κ2) is 4.18. The lowest BCUT2D eigenvalue weighted by Crippen LogP contribution is -2.45. The van der Waals surface area contributed by atoms with E-state index in [4.69, 9.17) is 0 Å². The molecule has 2 aliphatic rings. The molecule has 2 aliphatic carbocycles. The molecule has 3 N–H and O–H groups in total. The summed E-state index contributed by atoms with van der Waals surface area (Å²) in [6.45, 7) is 0.191. The fourth-order valence-corrected chi connectivity index (χ4v) is 3.60. The normalized spacial score (nSPS) is 35.1. The molecule has 0 aromatic carbocycles. The van der Waals surface area contributed by atoms with Crippen molar-refractivity contribution in [3.05, 3.63) is 24.0 Å². The first-order chi connectivity index (χ1) is 8.29. The van der Waals surface area contributed by atoms with Crippen LogP contribution in [0.5, 0.6) is 0 Å². The molecule has 2 bridgehead atoms. The van der Waals surface area contributed by atoms with Crippen LogP contribution < -0.4 is 5.32 Å². The molecule has 4 atom stereocenters. The first kappa shape index (κ1) is 10.8. The fourth-order valence-electron chi connectivity index (χ4n) is 3.60. The number of aliphatic hydroxyl groups excluding tert-OH is 1. The minimum absolute atomic E-state index is 0.0500. The number of rotatable bonds is 3. The van der Waals surface area contributed by atoms with Crippen LogP contribution in [-0.2, 0) is 0 Å². The Morgan fingerprint density at radius 3 is 3.00 bits per heavy atom. The van der Waals surface area contributed by atoms with E-state index in [1.54, 1.807) is 12.3 Å². The molecule has 1 aromatic heterocycles. The van der Waals surface area contributed by atoms with Crippen molar-refractivity contribution < 1.29 is 9.90 Å². The summed E-state index contributed by atoms with van der Waals surface area (Å²) in [6, 6.07) is 3.75. The summed E-state index contributed by atoms with van der Waals surface area (Å²) in [7, 11) is 0. The van der Waals surface area contributed by atoms with Crippen molar-refractivity contribution in [1.82, 2.24) is 10.3 Å². The number of aromatic nitrogens is 1. The maximum atomic E-state index is 12.0. The Morgan fingerprint density at radius 1 is 1.47 bits per heavy atom. The Balaban J connectivity index is 1.71. The molecule has 0 aliphatic heterocycles. The number of carbonyl (C=O) groups is 1. The predicted octanol–water partition coefficient (Wildman–Crippen LogP) is 1.15. The zero-order valence-electron chi connectivity index (χ0n) is 9.73. The molecule has 17 heavy (non-hydrogen) atoms. The lowest BCUT2D eigenvalue weighted by Gasteiger charge is -2.30. The van der Waals surface area contributed by atoms with Gasteiger partial charge in [-0.05, 0) is 43.2 Å². The minimum atomic E-state index is -0.0500. The highest BCUT2D eigenvalue weighted by Gasteiger charge is 2.47. The SMILES string of the molecule is O=C(NC1C2CCC(C2)C1CO)c1ccc[nH]1. The van der Waals surface area contributed by atoms with Crippen LogP contribution in [0.2, 0.25) is 0 Å². The number of hydrogen-bond acceptors (Lipinski definition) is 2. The maximum Gasteiger partial charge on any atom is 0.267 e. The molecule has 92 valence electrons. The van der Waals surface area contributed by atoms with Crippen molar-refractivity contribution in [3.63, 3.8) is 0 Å². The van der Waals surface area contributed by atoms with Crippen LogP contribution in [0.25, 0.3) is 0 Å². The van der Waals surface area contributed by atoms with Gasteiger partial charge in [0.25, 0.3) is 5.91 Å². The van der Waals surface area contributed by atoms with Crippen LogP contribution in [0.15, 0.2) is 18.3 Å². The van der Waals surface area contributed by atoms with E-state index >= 15 is 0 Å². The van der Waals surface area contributed by atoms with Crippen molar-refractivity contribution in [2.45, 2.75) is 25.3 Å². The quantitative estimate of drug-likeness (QED) is 0.734. The largest absolute Gasteiger partial charge is 0.396 e. The summed E-state index contributed by atoms with van der Waals surface area (Å²) in [5.41, 5.74) is 0.601. The third-order valence-electron chi connectivity index (χ3n) is 4.44. The molecule has 1 amide bonds. The zero-order chi connectivity index (χ0) is 11.8. The highest BCUT2D eigenvalue weighted by Crippen LogP contribution is 2.48.